The van der Waals surface area contributed by atoms with Crippen LogP contribution in [0.3, 0.4) is 0 Å². The fourth-order valence-electron chi connectivity index (χ4n) is 2.82. The lowest BCUT2D eigenvalue weighted by Crippen LogP contribution is -2.52. The zero-order valence-corrected chi connectivity index (χ0v) is 12.9. The minimum absolute atomic E-state index is 0.0123. The van der Waals surface area contributed by atoms with Gasteiger partial charge in [0.2, 0.25) is 5.91 Å². The summed E-state index contributed by atoms with van der Waals surface area (Å²) in [5.41, 5.74) is 5.87. The van der Waals surface area contributed by atoms with Gasteiger partial charge >= 0.3 is 0 Å². The van der Waals surface area contributed by atoms with E-state index in [9.17, 15) is 4.79 Å². The van der Waals surface area contributed by atoms with E-state index in [1.165, 1.54) is 0 Å². The molecule has 3 N–H and O–H groups in total. The highest BCUT2D eigenvalue weighted by Gasteiger charge is 2.35. The number of hydrogen-bond acceptors (Lipinski definition) is 3. The van der Waals surface area contributed by atoms with E-state index in [0.717, 1.165) is 38.7 Å². The van der Waals surface area contributed by atoms with Gasteiger partial charge in [0, 0.05) is 12.6 Å². The highest BCUT2D eigenvalue weighted by Crippen LogP contribution is 2.31. The molecule has 1 rings (SSSR count). The molecule has 1 aliphatic rings. The molecule has 0 spiro atoms. The van der Waals surface area contributed by atoms with Crippen molar-refractivity contribution in [3.8, 4) is 0 Å². The van der Waals surface area contributed by atoms with Crippen LogP contribution in [0, 0.1) is 5.92 Å². The molecule has 2 atom stereocenters. The maximum absolute atomic E-state index is 12.1. The maximum Gasteiger partial charge on any atom is 0.237 e. The molecule has 1 fully saturated rings. The lowest BCUT2D eigenvalue weighted by Gasteiger charge is -2.40. The number of carbonyl (C=O) groups is 1. The fourth-order valence-corrected chi connectivity index (χ4v) is 2.82. The van der Waals surface area contributed by atoms with Crippen LogP contribution < -0.4 is 11.1 Å². The van der Waals surface area contributed by atoms with Crippen molar-refractivity contribution in [3.05, 3.63) is 0 Å². The van der Waals surface area contributed by atoms with Gasteiger partial charge in [-0.1, -0.05) is 27.7 Å². The van der Waals surface area contributed by atoms with Gasteiger partial charge in [-0.05, 0) is 38.0 Å². The molecule has 112 valence electrons. The van der Waals surface area contributed by atoms with E-state index in [0.29, 0.717) is 5.92 Å². The number of ether oxygens (including phenoxy) is 1. The molecule has 0 aromatic rings. The molecule has 0 aromatic heterocycles. The van der Waals surface area contributed by atoms with Crippen LogP contribution in [0.1, 0.15) is 59.8 Å². The van der Waals surface area contributed by atoms with Crippen LogP contribution in [0.15, 0.2) is 0 Å². The summed E-state index contributed by atoms with van der Waals surface area (Å²) >= 11 is 0. The molecule has 0 bridgehead atoms. The molecule has 0 aromatic carbocycles. The molecule has 1 amide bonds. The monoisotopic (exact) mass is 270 g/mol. The number of nitrogens with one attached hydrogen (secondary N) is 1. The summed E-state index contributed by atoms with van der Waals surface area (Å²) in [6.45, 7) is 9.20. The average molecular weight is 270 g/mol. The third kappa shape index (κ3) is 4.77. The molecule has 4 heteroatoms. The van der Waals surface area contributed by atoms with Gasteiger partial charge in [0.15, 0.2) is 0 Å². The van der Waals surface area contributed by atoms with E-state index in [1.807, 2.05) is 0 Å². The maximum atomic E-state index is 12.1. The topological polar surface area (TPSA) is 64.4 Å². The van der Waals surface area contributed by atoms with Crippen LogP contribution in [0.5, 0.6) is 0 Å². The zero-order chi connectivity index (χ0) is 14.5. The van der Waals surface area contributed by atoms with Crippen LogP contribution in [0.2, 0.25) is 0 Å². The Morgan fingerprint density at radius 2 is 2.05 bits per heavy atom. The van der Waals surface area contributed by atoms with E-state index in [2.05, 4.69) is 33.0 Å². The van der Waals surface area contributed by atoms with Crippen molar-refractivity contribution in [3.63, 3.8) is 0 Å². The molecule has 0 saturated carbocycles. The molecule has 0 radical (unpaired) electrons. The smallest absolute Gasteiger partial charge is 0.237 e. The number of carbonyl (C=O) groups excluding carboxylic acids is 1. The van der Waals surface area contributed by atoms with Crippen molar-refractivity contribution in [2.75, 3.05) is 6.61 Å². The summed E-state index contributed by atoms with van der Waals surface area (Å²) in [6, 6.07) is -0.181. The zero-order valence-electron chi connectivity index (χ0n) is 12.9. The molecule has 19 heavy (non-hydrogen) atoms. The standard InChI is InChI=1S/C15H30N2O2/c1-5-15(6-2)10-12(7-8-19-15)17-14(18)13(16)9-11(3)4/h11-13H,5-10,16H2,1-4H3,(H,17,18)/t12?,13-/m0/s1. The molecule has 0 aliphatic carbocycles. The first kappa shape index (κ1) is 16.4. The number of rotatable bonds is 6. The molecule has 1 unspecified atom stereocenters. The van der Waals surface area contributed by atoms with Crippen LogP contribution in [0.4, 0.5) is 0 Å². The Kier molecular flexibility index (Phi) is 6.27. The number of amides is 1. The SMILES string of the molecule is CCC1(CC)CC(NC(=O)[C@@H](N)CC(C)C)CCO1. The lowest BCUT2D eigenvalue weighted by atomic mass is 9.85. The minimum Gasteiger partial charge on any atom is -0.375 e. The van der Waals surface area contributed by atoms with E-state index in [4.69, 9.17) is 10.5 Å². The number of hydrogen-bond donors (Lipinski definition) is 2. The van der Waals surface area contributed by atoms with Gasteiger partial charge in [-0.3, -0.25) is 4.79 Å². The van der Waals surface area contributed by atoms with Crippen molar-refractivity contribution in [1.82, 2.24) is 5.32 Å². The first-order chi connectivity index (χ1) is 8.92. The second kappa shape index (κ2) is 7.25. The summed E-state index contributed by atoms with van der Waals surface area (Å²) in [5, 5.41) is 3.10. The summed E-state index contributed by atoms with van der Waals surface area (Å²) in [4.78, 5) is 12.1. The second-order valence-electron chi connectivity index (χ2n) is 6.17. The van der Waals surface area contributed by atoms with E-state index in [1.54, 1.807) is 0 Å². The molecule has 1 aliphatic heterocycles. The Morgan fingerprint density at radius 3 is 2.58 bits per heavy atom. The molecule has 1 saturated heterocycles. The van der Waals surface area contributed by atoms with Gasteiger partial charge < -0.3 is 15.8 Å². The number of nitrogens with two attached hydrogens (primary N) is 1. The normalized spacial score (nSPS) is 24.2. The van der Waals surface area contributed by atoms with Crippen molar-refractivity contribution in [2.45, 2.75) is 77.5 Å². The Bertz CT molecular complexity index is 288. The molecule has 1 heterocycles. The van der Waals surface area contributed by atoms with Gasteiger partial charge in [-0.15, -0.1) is 0 Å². The molecular formula is C15H30N2O2. The van der Waals surface area contributed by atoms with Gasteiger partial charge in [0.25, 0.3) is 0 Å². The Labute approximate surface area is 117 Å². The van der Waals surface area contributed by atoms with Crippen LogP contribution >= 0.6 is 0 Å². The van der Waals surface area contributed by atoms with Crippen LogP contribution in [-0.2, 0) is 9.53 Å². The Balaban J connectivity index is 2.50. The summed E-state index contributed by atoms with van der Waals surface area (Å²) in [7, 11) is 0. The fraction of sp³-hybridized carbons (Fsp3) is 0.933. The van der Waals surface area contributed by atoms with Crippen molar-refractivity contribution >= 4 is 5.91 Å². The average Bonchev–Trinajstić information content (AvgIpc) is 2.38. The summed E-state index contributed by atoms with van der Waals surface area (Å²) in [6.07, 6.45) is 4.52. The molecular weight excluding hydrogens is 240 g/mol. The van der Waals surface area contributed by atoms with Crippen molar-refractivity contribution in [1.29, 1.82) is 0 Å². The Hall–Kier alpha value is -0.610. The summed E-state index contributed by atoms with van der Waals surface area (Å²) in [5.74, 6) is 0.433. The highest BCUT2D eigenvalue weighted by molar-refractivity contribution is 5.81. The predicted octanol–water partition coefficient (Wildman–Crippen LogP) is 2.21. The van der Waals surface area contributed by atoms with Gasteiger partial charge in [-0.25, -0.2) is 0 Å². The first-order valence-corrected chi connectivity index (χ1v) is 7.62. The van der Waals surface area contributed by atoms with Gasteiger partial charge in [0.05, 0.1) is 11.6 Å². The third-order valence-electron chi connectivity index (χ3n) is 4.19. The van der Waals surface area contributed by atoms with Gasteiger partial charge in [-0.2, -0.15) is 0 Å². The first-order valence-electron chi connectivity index (χ1n) is 7.62. The van der Waals surface area contributed by atoms with E-state index < -0.39 is 0 Å². The largest absolute Gasteiger partial charge is 0.375 e. The van der Waals surface area contributed by atoms with Crippen LogP contribution in [-0.4, -0.2) is 30.2 Å². The summed E-state index contributed by atoms with van der Waals surface area (Å²) < 4.78 is 5.92. The Morgan fingerprint density at radius 1 is 1.42 bits per heavy atom. The van der Waals surface area contributed by atoms with Crippen LogP contribution in [0.25, 0.3) is 0 Å². The van der Waals surface area contributed by atoms with Crippen molar-refractivity contribution in [2.24, 2.45) is 11.7 Å². The quantitative estimate of drug-likeness (QED) is 0.778. The third-order valence-corrected chi connectivity index (χ3v) is 4.19. The second-order valence-corrected chi connectivity index (χ2v) is 6.17. The highest BCUT2D eigenvalue weighted by atomic mass is 16.5. The lowest BCUT2D eigenvalue weighted by molar-refractivity contribution is -0.127. The van der Waals surface area contributed by atoms with Gasteiger partial charge in [0.1, 0.15) is 0 Å². The van der Waals surface area contributed by atoms with E-state index in [-0.39, 0.29) is 23.6 Å². The predicted molar refractivity (Wildman–Crippen MR) is 77.9 cm³/mol. The van der Waals surface area contributed by atoms with E-state index >= 15 is 0 Å². The van der Waals surface area contributed by atoms with Crippen molar-refractivity contribution < 1.29 is 9.53 Å². The minimum atomic E-state index is -0.388. The molecule has 4 nitrogen and oxygen atoms in total.